The van der Waals surface area contributed by atoms with E-state index in [2.05, 4.69) is 53.6 Å². The van der Waals surface area contributed by atoms with Crippen molar-refractivity contribution in [3.63, 3.8) is 0 Å². The van der Waals surface area contributed by atoms with Crippen LogP contribution >= 0.6 is 0 Å². The highest BCUT2D eigenvalue weighted by Crippen LogP contribution is 2.24. The summed E-state index contributed by atoms with van der Waals surface area (Å²) in [4.78, 5) is 25.4. The standard InChI is InChI=1S/C22H35N3O3/c1-15(2)13-16-5-7-17(8-6-16)20(25(3)4)14-23-22(28)24-19-11-9-18(10-12-19)21(26)27/h5-8,15,18-20H,9-14H2,1-4H3,(H,26,27)(H2,23,24,28). The van der Waals surface area contributed by atoms with E-state index in [1.807, 2.05) is 14.1 Å². The molecule has 0 bridgehead atoms. The Kier molecular flexibility index (Phi) is 8.30. The lowest BCUT2D eigenvalue weighted by molar-refractivity contribution is -0.142. The number of carbonyl (C=O) groups excluding carboxylic acids is 1. The van der Waals surface area contributed by atoms with Gasteiger partial charge in [0.05, 0.1) is 12.0 Å². The van der Waals surface area contributed by atoms with Crippen LogP contribution in [-0.4, -0.2) is 48.7 Å². The summed E-state index contributed by atoms with van der Waals surface area (Å²) in [7, 11) is 4.03. The summed E-state index contributed by atoms with van der Waals surface area (Å²) in [6.45, 7) is 4.95. The largest absolute Gasteiger partial charge is 0.481 e. The first kappa shape index (κ1) is 22.2. The third-order valence-corrected chi connectivity index (χ3v) is 5.50. The number of carboxylic acid groups (broad SMARTS) is 1. The van der Waals surface area contributed by atoms with E-state index in [0.29, 0.717) is 25.3 Å². The molecule has 0 aliphatic heterocycles. The molecular formula is C22H35N3O3. The molecule has 1 saturated carbocycles. The van der Waals surface area contributed by atoms with E-state index in [0.717, 1.165) is 19.3 Å². The van der Waals surface area contributed by atoms with Crippen molar-refractivity contribution >= 4 is 12.0 Å². The van der Waals surface area contributed by atoms with Gasteiger partial charge in [0.15, 0.2) is 0 Å². The van der Waals surface area contributed by atoms with Gasteiger partial charge in [-0.05, 0) is 63.2 Å². The van der Waals surface area contributed by atoms with Crippen LogP contribution in [0.4, 0.5) is 4.79 Å². The molecule has 0 heterocycles. The molecule has 1 atom stereocenters. The first-order valence-electron chi connectivity index (χ1n) is 10.3. The average molecular weight is 390 g/mol. The van der Waals surface area contributed by atoms with Crippen LogP contribution in [0.25, 0.3) is 0 Å². The van der Waals surface area contributed by atoms with E-state index in [1.165, 1.54) is 11.1 Å². The second-order valence-corrected chi connectivity index (χ2v) is 8.56. The summed E-state index contributed by atoms with van der Waals surface area (Å²) in [5.74, 6) is -0.361. The Bertz CT molecular complexity index is 635. The smallest absolute Gasteiger partial charge is 0.315 e. The fourth-order valence-electron chi connectivity index (χ4n) is 3.86. The molecule has 3 N–H and O–H groups in total. The maximum atomic E-state index is 12.3. The van der Waals surface area contributed by atoms with Crippen molar-refractivity contribution in [2.24, 2.45) is 11.8 Å². The number of rotatable bonds is 8. The first-order chi connectivity index (χ1) is 13.3. The second-order valence-electron chi connectivity index (χ2n) is 8.56. The average Bonchev–Trinajstić information content (AvgIpc) is 2.63. The minimum atomic E-state index is -0.726. The van der Waals surface area contributed by atoms with Gasteiger partial charge in [-0.1, -0.05) is 38.1 Å². The van der Waals surface area contributed by atoms with E-state index >= 15 is 0 Å². The van der Waals surface area contributed by atoms with Crippen molar-refractivity contribution in [2.45, 2.75) is 58.0 Å². The monoisotopic (exact) mass is 389 g/mol. The molecule has 1 fully saturated rings. The molecule has 2 rings (SSSR count). The van der Waals surface area contributed by atoms with E-state index in [4.69, 9.17) is 5.11 Å². The summed E-state index contributed by atoms with van der Waals surface area (Å²) in [6.07, 6.45) is 3.77. The van der Waals surface area contributed by atoms with E-state index in [1.54, 1.807) is 0 Å². The number of carboxylic acids is 1. The molecule has 0 saturated heterocycles. The van der Waals surface area contributed by atoms with Crippen LogP contribution in [-0.2, 0) is 11.2 Å². The summed E-state index contributed by atoms with van der Waals surface area (Å²) in [6, 6.07) is 8.62. The lowest BCUT2D eigenvalue weighted by Gasteiger charge is -2.28. The van der Waals surface area contributed by atoms with Gasteiger partial charge in [-0.3, -0.25) is 4.79 Å². The molecule has 1 unspecified atom stereocenters. The van der Waals surface area contributed by atoms with Gasteiger partial charge < -0.3 is 20.6 Å². The van der Waals surface area contributed by atoms with Crippen LogP contribution in [0.1, 0.15) is 56.7 Å². The number of carbonyl (C=O) groups is 2. The maximum Gasteiger partial charge on any atom is 0.315 e. The number of benzene rings is 1. The number of urea groups is 1. The highest BCUT2D eigenvalue weighted by molar-refractivity contribution is 5.74. The van der Waals surface area contributed by atoms with Gasteiger partial charge in [0.2, 0.25) is 0 Å². The zero-order valence-corrected chi connectivity index (χ0v) is 17.6. The van der Waals surface area contributed by atoms with Gasteiger partial charge in [0, 0.05) is 12.6 Å². The number of nitrogens with one attached hydrogen (secondary N) is 2. The van der Waals surface area contributed by atoms with Crippen LogP contribution in [0.3, 0.4) is 0 Å². The minimum Gasteiger partial charge on any atom is -0.481 e. The Morgan fingerprint density at radius 1 is 1.11 bits per heavy atom. The van der Waals surface area contributed by atoms with Crippen LogP contribution in [0.15, 0.2) is 24.3 Å². The Hall–Kier alpha value is -2.08. The van der Waals surface area contributed by atoms with Crippen molar-refractivity contribution in [2.75, 3.05) is 20.6 Å². The summed E-state index contributed by atoms with van der Waals surface area (Å²) < 4.78 is 0. The minimum absolute atomic E-state index is 0.0590. The molecule has 1 aromatic rings. The number of amides is 2. The Balaban J connectivity index is 1.84. The summed E-state index contributed by atoms with van der Waals surface area (Å²) >= 11 is 0. The summed E-state index contributed by atoms with van der Waals surface area (Å²) in [5, 5.41) is 15.0. The van der Waals surface area contributed by atoms with Crippen LogP contribution in [0.2, 0.25) is 0 Å². The number of nitrogens with zero attached hydrogens (tertiary/aromatic N) is 1. The molecular weight excluding hydrogens is 354 g/mol. The number of hydrogen-bond acceptors (Lipinski definition) is 3. The lowest BCUT2D eigenvalue weighted by Crippen LogP contribution is -2.46. The van der Waals surface area contributed by atoms with Crippen molar-refractivity contribution in [1.29, 1.82) is 0 Å². The molecule has 6 nitrogen and oxygen atoms in total. The normalized spacial score (nSPS) is 20.8. The number of likely N-dealkylation sites (N-methyl/N-ethyl adjacent to an activating group) is 1. The predicted molar refractivity (Wildman–Crippen MR) is 111 cm³/mol. The third kappa shape index (κ3) is 6.82. The molecule has 0 spiro atoms. The molecule has 6 heteroatoms. The van der Waals surface area contributed by atoms with Crippen LogP contribution in [0.5, 0.6) is 0 Å². The van der Waals surface area contributed by atoms with E-state index in [-0.39, 0.29) is 24.0 Å². The van der Waals surface area contributed by atoms with Gasteiger partial charge in [-0.15, -0.1) is 0 Å². The number of aliphatic carboxylic acids is 1. The molecule has 0 radical (unpaired) electrons. The Labute approximate surface area is 168 Å². The van der Waals surface area contributed by atoms with E-state index < -0.39 is 5.97 Å². The topological polar surface area (TPSA) is 81.7 Å². The molecule has 2 amide bonds. The maximum absolute atomic E-state index is 12.3. The molecule has 1 aliphatic carbocycles. The molecule has 1 aliphatic rings. The quantitative estimate of drug-likeness (QED) is 0.636. The zero-order valence-electron chi connectivity index (χ0n) is 17.6. The fourth-order valence-corrected chi connectivity index (χ4v) is 3.86. The summed E-state index contributed by atoms with van der Waals surface area (Å²) in [5.41, 5.74) is 2.51. The van der Waals surface area contributed by atoms with Crippen molar-refractivity contribution < 1.29 is 14.7 Å². The van der Waals surface area contributed by atoms with Crippen LogP contribution in [0, 0.1) is 11.8 Å². The van der Waals surface area contributed by atoms with Crippen LogP contribution < -0.4 is 10.6 Å². The molecule has 0 aromatic heterocycles. The zero-order chi connectivity index (χ0) is 20.7. The van der Waals surface area contributed by atoms with Crippen molar-refractivity contribution in [1.82, 2.24) is 15.5 Å². The molecule has 1 aromatic carbocycles. The van der Waals surface area contributed by atoms with Gasteiger partial charge in [-0.2, -0.15) is 0 Å². The lowest BCUT2D eigenvalue weighted by atomic mass is 9.86. The third-order valence-electron chi connectivity index (χ3n) is 5.50. The first-order valence-corrected chi connectivity index (χ1v) is 10.3. The molecule has 156 valence electrons. The fraction of sp³-hybridized carbons (Fsp3) is 0.636. The van der Waals surface area contributed by atoms with Crippen molar-refractivity contribution in [3.8, 4) is 0 Å². The predicted octanol–water partition coefficient (Wildman–Crippen LogP) is 3.43. The van der Waals surface area contributed by atoms with Gasteiger partial charge in [0.25, 0.3) is 0 Å². The number of hydrogen-bond donors (Lipinski definition) is 3. The van der Waals surface area contributed by atoms with Gasteiger partial charge >= 0.3 is 12.0 Å². The van der Waals surface area contributed by atoms with Crippen molar-refractivity contribution in [3.05, 3.63) is 35.4 Å². The van der Waals surface area contributed by atoms with Gasteiger partial charge in [-0.25, -0.2) is 4.79 Å². The van der Waals surface area contributed by atoms with Gasteiger partial charge in [0.1, 0.15) is 0 Å². The highest BCUT2D eigenvalue weighted by Gasteiger charge is 2.26. The molecule has 28 heavy (non-hydrogen) atoms. The highest BCUT2D eigenvalue weighted by atomic mass is 16.4. The second kappa shape index (κ2) is 10.5. The SMILES string of the molecule is CC(C)Cc1ccc(C(CNC(=O)NC2CCC(C(=O)O)CC2)N(C)C)cc1. The Morgan fingerprint density at radius 3 is 2.21 bits per heavy atom. The van der Waals surface area contributed by atoms with E-state index in [9.17, 15) is 9.59 Å². The Morgan fingerprint density at radius 2 is 1.71 bits per heavy atom.